The molecule has 0 saturated heterocycles. The maximum Gasteiger partial charge on any atom is 0.0658 e. The van der Waals surface area contributed by atoms with Crippen LogP contribution in [0.25, 0.3) is 0 Å². The van der Waals surface area contributed by atoms with E-state index in [-0.39, 0.29) is 0 Å². The standard InChI is InChI=1S/C13H14ClN3/c1-9-3-2-6-16-13(9)8-17-12-5-4-10(15)7-11(12)14/h2-7,17H,8,15H2,1H3. The summed E-state index contributed by atoms with van der Waals surface area (Å²) in [6, 6.07) is 9.38. The van der Waals surface area contributed by atoms with E-state index in [1.165, 1.54) is 0 Å². The van der Waals surface area contributed by atoms with Crippen molar-refractivity contribution in [3.8, 4) is 0 Å². The molecule has 17 heavy (non-hydrogen) atoms. The van der Waals surface area contributed by atoms with Crippen LogP contribution in [-0.4, -0.2) is 4.98 Å². The molecule has 0 bridgehead atoms. The lowest BCUT2D eigenvalue weighted by Crippen LogP contribution is -2.04. The Morgan fingerprint density at radius 2 is 2.18 bits per heavy atom. The smallest absolute Gasteiger partial charge is 0.0658 e. The van der Waals surface area contributed by atoms with Crippen molar-refractivity contribution in [3.05, 3.63) is 52.8 Å². The zero-order valence-electron chi connectivity index (χ0n) is 9.57. The predicted molar refractivity (Wildman–Crippen MR) is 72.2 cm³/mol. The fraction of sp³-hybridized carbons (Fsp3) is 0.154. The van der Waals surface area contributed by atoms with Gasteiger partial charge in [0.2, 0.25) is 0 Å². The van der Waals surface area contributed by atoms with Gasteiger partial charge in [0.25, 0.3) is 0 Å². The molecule has 0 aliphatic heterocycles. The predicted octanol–water partition coefficient (Wildman–Crippen LogP) is 3.24. The molecule has 88 valence electrons. The van der Waals surface area contributed by atoms with E-state index in [1.54, 1.807) is 12.3 Å². The molecule has 0 spiro atoms. The van der Waals surface area contributed by atoms with Gasteiger partial charge in [-0.1, -0.05) is 17.7 Å². The first-order chi connectivity index (χ1) is 8.16. The summed E-state index contributed by atoms with van der Waals surface area (Å²) in [6.45, 7) is 2.69. The van der Waals surface area contributed by atoms with Crippen molar-refractivity contribution in [2.24, 2.45) is 0 Å². The number of halogens is 1. The fourth-order valence-corrected chi connectivity index (χ4v) is 1.81. The molecule has 2 rings (SSSR count). The maximum atomic E-state index is 6.07. The minimum atomic E-state index is 0.624. The molecule has 0 aliphatic rings. The monoisotopic (exact) mass is 247 g/mol. The van der Waals surface area contributed by atoms with Crippen molar-refractivity contribution in [1.82, 2.24) is 4.98 Å². The highest BCUT2D eigenvalue weighted by Crippen LogP contribution is 2.24. The highest BCUT2D eigenvalue weighted by atomic mass is 35.5. The van der Waals surface area contributed by atoms with Crippen LogP contribution in [0.5, 0.6) is 0 Å². The van der Waals surface area contributed by atoms with Crippen LogP contribution in [0.15, 0.2) is 36.5 Å². The molecule has 0 aliphatic carbocycles. The highest BCUT2D eigenvalue weighted by Gasteiger charge is 2.02. The number of benzene rings is 1. The van der Waals surface area contributed by atoms with Crippen LogP contribution in [0.1, 0.15) is 11.3 Å². The van der Waals surface area contributed by atoms with Crippen LogP contribution in [0, 0.1) is 6.92 Å². The first kappa shape index (κ1) is 11.7. The van der Waals surface area contributed by atoms with Crippen LogP contribution in [0.4, 0.5) is 11.4 Å². The van der Waals surface area contributed by atoms with Gasteiger partial charge >= 0.3 is 0 Å². The number of pyridine rings is 1. The van der Waals surface area contributed by atoms with Gasteiger partial charge in [0.05, 0.1) is 22.9 Å². The minimum absolute atomic E-state index is 0.624. The summed E-state index contributed by atoms with van der Waals surface area (Å²) >= 11 is 6.07. The van der Waals surface area contributed by atoms with E-state index in [0.29, 0.717) is 17.3 Å². The average molecular weight is 248 g/mol. The number of nitrogen functional groups attached to an aromatic ring is 1. The Labute approximate surface area is 106 Å². The maximum absolute atomic E-state index is 6.07. The lowest BCUT2D eigenvalue weighted by atomic mass is 10.2. The number of aryl methyl sites for hydroxylation is 1. The zero-order chi connectivity index (χ0) is 12.3. The minimum Gasteiger partial charge on any atom is -0.399 e. The van der Waals surface area contributed by atoms with E-state index in [4.69, 9.17) is 17.3 Å². The Morgan fingerprint density at radius 3 is 2.88 bits per heavy atom. The molecule has 0 saturated carbocycles. The van der Waals surface area contributed by atoms with Crippen LogP contribution >= 0.6 is 11.6 Å². The second kappa shape index (κ2) is 5.06. The van der Waals surface area contributed by atoms with E-state index < -0.39 is 0 Å². The molecular formula is C13H14ClN3. The van der Waals surface area contributed by atoms with E-state index in [0.717, 1.165) is 16.9 Å². The van der Waals surface area contributed by atoms with Crippen LogP contribution < -0.4 is 11.1 Å². The molecule has 2 aromatic rings. The van der Waals surface area contributed by atoms with Crippen LogP contribution in [-0.2, 0) is 6.54 Å². The number of rotatable bonds is 3. The van der Waals surface area contributed by atoms with E-state index >= 15 is 0 Å². The summed E-state index contributed by atoms with van der Waals surface area (Å²) < 4.78 is 0. The van der Waals surface area contributed by atoms with Gasteiger partial charge in [-0.25, -0.2) is 0 Å². The van der Waals surface area contributed by atoms with Gasteiger partial charge in [-0.05, 0) is 36.8 Å². The largest absolute Gasteiger partial charge is 0.399 e. The van der Waals surface area contributed by atoms with Crippen LogP contribution in [0.2, 0.25) is 5.02 Å². The van der Waals surface area contributed by atoms with Gasteiger partial charge in [-0.3, -0.25) is 4.98 Å². The molecule has 3 nitrogen and oxygen atoms in total. The molecule has 1 heterocycles. The second-order valence-electron chi connectivity index (χ2n) is 3.86. The third kappa shape index (κ3) is 2.88. The molecule has 1 aromatic heterocycles. The van der Waals surface area contributed by atoms with Crippen molar-refractivity contribution >= 4 is 23.0 Å². The lowest BCUT2D eigenvalue weighted by Gasteiger charge is -2.09. The number of hydrogen-bond acceptors (Lipinski definition) is 3. The van der Waals surface area contributed by atoms with Gasteiger partial charge in [0.1, 0.15) is 0 Å². The molecule has 1 aromatic carbocycles. The summed E-state index contributed by atoms with van der Waals surface area (Å²) in [6.07, 6.45) is 1.79. The number of nitrogens with zero attached hydrogens (tertiary/aromatic N) is 1. The summed E-state index contributed by atoms with van der Waals surface area (Å²) in [4.78, 5) is 4.31. The number of aromatic nitrogens is 1. The quantitative estimate of drug-likeness (QED) is 0.819. The topological polar surface area (TPSA) is 50.9 Å². The van der Waals surface area contributed by atoms with Crippen molar-refractivity contribution in [3.63, 3.8) is 0 Å². The summed E-state index contributed by atoms with van der Waals surface area (Å²) in [5.41, 5.74) is 9.34. The summed E-state index contributed by atoms with van der Waals surface area (Å²) in [5, 5.41) is 3.87. The normalized spacial score (nSPS) is 10.2. The Balaban J connectivity index is 2.10. The Hall–Kier alpha value is -1.74. The summed E-state index contributed by atoms with van der Waals surface area (Å²) in [5.74, 6) is 0. The molecule has 0 fully saturated rings. The summed E-state index contributed by atoms with van der Waals surface area (Å²) in [7, 11) is 0. The van der Waals surface area contributed by atoms with Crippen molar-refractivity contribution in [2.75, 3.05) is 11.1 Å². The Kier molecular flexibility index (Phi) is 3.49. The van der Waals surface area contributed by atoms with Gasteiger partial charge in [0.15, 0.2) is 0 Å². The average Bonchev–Trinajstić information content (AvgIpc) is 2.30. The lowest BCUT2D eigenvalue weighted by molar-refractivity contribution is 1.02. The number of nitrogens with two attached hydrogens (primary N) is 1. The van der Waals surface area contributed by atoms with Crippen molar-refractivity contribution in [2.45, 2.75) is 13.5 Å². The van der Waals surface area contributed by atoms with Crippen molar-refractivity contribution < 1.29 is 0 Å². The first-order valence-electron chi connectivity index (χ1n) is 5.36. The molecule has 3 N–H and O–H groups in total. The third-order valence-electron chi connectivity index (χ3n) is 2.56. The van der Waals surface area contributed by atoms with Crippen molar-refractivity contribution in [1.29, 1.82) is 0 Å². The molecule has 4 heteroatoms. The molecule has 0 atom stereocenters. The second-order valence-corrected chi connectivity index (χ2v) is 4.27. The number of anilines is 2. The Morgan fingerprint density at radius 1 is 1.35 bits per heavy atom. The molecule has 0 amide bonds. The molecule has 0 unspecified atom stereocenters. The van der Waals surface area contributed by atoms with E-state index in [2.05, 4.69) is 10.3 Å². The van der Waals surface area contributed by atoms with Crippen LogP contribution in [0.3, 0.4) is 0 Å². The molecular weight excluding hydrogens is 234 g/mol. The highest BCUT2D eigenvalue weighted by molar-refractivity contribution is 6.33. The first-order valence-corrected chi connectivity index (χ1v) is 5.74. The van der Waals surface area contributed by atoms with Gasteiger partial charge < -0.3 is 11.1 Å². The zero-order valence-corrected chi connectivity index (χ0v) is 10.3. The number of hydrogen-bond donors (Lipinski definition) is 2. The van der Waals surface area contributed by atoms with E-state index in [9.17, 15) is 0 Å². The Bertz CT molecular complexity index is 526. The SMILES string of the molecule is Cc1cccnc1CNc1ccc(N)cc1Cl. The number of nitrogens with one attached hydrogen (secondary N) is 1. The fourth-order valence-electron chi connectivity index (χ4n) is 1.56. The van der Waals surface area contributed by atoms with Gasteiger partial charge in [0, 0.05) is 11.9 Å². The third-order valence-corrected chi connectivity index (χ3v) is 2.87. The van der Waals surface area contributed by atoms with Gasteiger partial charge in [-0.2, -0.15) is 0 Å². The molecule has 0 radical (unpaired) electrons. The van der Waals surface area contributed by atoms with E-state index in [1.807, 2.05) is 31.2 Å². The van der Waals surface area contributed by atoms with Gasteiger partial charge in [-0.15, -0.1) is 0 Å².